The van der Waals surface area contributed by atoms with E-state index < -0.39 is 0 Å². The number of aryl methyl sites for hydroxylation is 1. The van der Waals surface area contributed by atoms with Crippen molar-refractivity contribution in [3.63, 3.8) is 0 Å². The molecule has 4 aromatic heterocycles. The molecule has 9 heteroatoms. The van der Waals surface area contributed by atoms with Crippen LogP contribution in [0, 0.1) is 6.92 Å². The number of anilines is 1. The number of amides is 1. The largest absolute Gasteiger partial charge is 0.362 e. The maximum Gasteiger partial charge on any atom is 0.262 e. The van der Waals surface area contributed by atoms with E-state index in [1.165, 1.54) is 27.6 Å². The Kier molecular flexibility index (Phi) is 5.15. The van der Waals surface area contributed by atoms with Crippen LogP contribution < -0.4 is 10.6 Å². The van der Waals surface area contributed by atoms with Gasteiger partial charge in [-0.1, -0.05) is 6.07 Å². The maximum absolute atomic E-state index is 12.7. The van der Waals surface area contributed by atoms with Crippen LogP contribution in [-0.4, -0.2) is 20.9 Å². The zero-order valence-electron chi connectivity index (χ0n) is 14.7. The Bertz CT molecular complexity index is 1060. The van der Waals surface area contributed by atoms with Crippen LogP contribution in [0.3, 0.4) is 0 Å². The van der Waals surface area contributed by atoms with Crippen molar-refractivity contribution in [3.05, 3.63) is 55.7 Å². The number of carbonyl (C=O) groups is 1. The van der Waals surface area contributed by atoms with Gasteiger partial charge < -0.3 is 10.6 Å². The minimum absolute atomic E-state index is 0.108. The molecule has 27 heavy (non-hydrogen) atoms. The summed E-state index contributed by atoms with van der Waals surface area (Å²) in [7, 11) is 0. The maximum atomic E-state index is 12.7. The molecule has 4 heterocycles. The second kappa shape index (κ2) is 7.71. The summed E-state index contributed by atoms with van der Waals surface area (Å²) in [5, 5.41) is 12.1. The number of nitrogens with zero attached hydrogens (tertiary/aromatic N) is 3. The highest BCUT2D eigenvalue weighted by Gasteiger charge is 2.20. The van der Waals surface area contributed by atoms with E-state index in [-0.39, 0.29) is 11.9 Å². The molecule has 0 saturated carbocycles. The van der Waals surface area contributed by atoms with Crippen LogP contribution in [-0.2, 0) is 6.54 Å². The molecular weight excluding hydrogens is 398 g/mol. The Hall–Kier alpha value is -2.36. The number of aromatic nitrogens is 3. The monoisotopic (exact) mass is 415 g/mol. The van der Waals surface area contributed by atoms with Gasteiger partial charge in [-0.05, 0) is 30.9 Å². The van der Waals surface area contributed by atoms with Crippen LogP contribution in [0.1, 0.15) is 38.1 Å². The second-order valence-electron chi connectivity index (χ2n) is 5.95. The molecule has 0 bridgehead atoms. The van der Waals surface area contributed by atoms with Gasteiger partial charge in [0.15, 0.2) is 0 Å². The molecule has 4 aromatic rings. The first kappa shape index (κ1) is 18.0. The van der Waals surface area contributed by atoms with Gasteiger partial charge >= 0.3 is 0 Å². The summed E-state index contributed by atoms with van der Waals surface area (Å²) in [6.07, 6.45) is 3.28. The molecule has 0 radical (unpaired) electrons. The normalized spacial score (nSPS) is 12.2. The van der Waals surface area contributed by atoms with Crippen molar-refractivity contribution in [1.29, 1.82) is 0 Å². The lowest BCUT2D eigenvalue weighted by atomic mass is 10.2. The fraction of sp³-hybridized carbons (Fsp3) is 0.222. The van der Waals surface area contributed by atoms with Crippen molar-refractivity contribution in [3.8, 4) is 0 Å². The predicted octanol–water partition coefficient (Wildman–Crippen LogP) is 4.62. The molecule has 2 N–H and O–H groups in total. The third-order valence-electron chi connectivity index (χ3n) is 4.14. The zero-order valence-corrected chi connectivity index (χ0v) is 17.2. The quantitative estimate of drug-likeness (QED) is 0.480. The fourth-order valence-electron chi connectivity index (χ4n) is 2.79. The smallest absolute Gasteiger partial charge is 0.262 e. The summed E-state index contributed by atoms with van der Waals surface area (Å²) < 4.78 is 0. The Balaban J connectivity index is 1.60. The number of thiazole rings is 1. The molecule has 0 fully saturated rings. The third kappa shape index (κ3) is 3.71. The summed E-state index contributed by atoms with van der Waals surface area (Å²) in [5.41, 5.74) is 0.896. The number of carbonyl (C=O) groups excluding carboxylic acids is 1. The molecule has 6 nitrogen and oxygen atoms in total. The van der Waals surface area contributed by atoms with Gasteiger partial charge in [-0.3, -0.25) is 4.79 Å². The first-order valence-electron chi connectivity index (χ1n) is 8.34. The SMILES string of the molecule is Cc1c(C(=O)NCc2nccs2)sc2ncnc(NC(C)c3cccs3)c12. The van der Waals surface area contributed by atoms with Crippen LogP contribution in [0.4, 0.5) is 5.82 Å². The topological polar surface area (TPSA) is 79.8 Å². The van der Waals surface area contributed by atoms with E-state index in [2.05, 4.69) is 44.0 Å². The molecule has 1 atom stereocenters. The highest BCUT2D eigenvalue weighted by molar-refractivity contribution is 7.20. The van der Waals surface area contributed by atoms with E-state index >= 15 is 0 Å². The van der Waals surface area contributed by atoms with E-state index in [4.69, 9.17) is 0 Å². The molecule has 1 amide bonds. The number of hydrogen-bond acceptors (Lipinski definition) is 8. The summed E-state index contributed by atoms with van der Waals surface area (Å²) >= 11 is 4.62. The lowest BCUT2D eigenvalue weighted by Crippen LogP contribution is -2.22. The lowest BCUT2D eigenvalue weighted by Gasteiger charge is -2.13. The van der Waals surface area contributed by atoms with Gasteiger partial charge in [0.05, 0.1) is 22.8 Å². The predicted molar refractivity (Wildman–Crippen MR) is 112 cm³/mol. The Labute approximate surface area is 168 Å². The van der Waals surface area contributed by atoms with E-state index in [0.717, 1.165) is 26.6 Å². The number of rotatable bonds is 6. The van der Waals surface area contributed by atoms with Gasteiger partial charge in [0.1, 0.15) is 22.0 Å². The van der Waals surface area contributed by atoms with Crippen LogP contribution in [0.15, 0.2) is 35.4 Å². The van der Waals surface area contributed by atoms with Crippen molar-refractivity contribution in [2.75, 3.05) is 5.32 Å². The van der Waals surface area contributed by atoms with Gasteiger partial charge in [-0.15, -0.1) is 34.0 Å². The molecule has 0 aliphatic carbocycles. The molecule has 1 unspecified atom stereocenters. The van der Waals surface area contributed by atoms with Gasteiger partial charge in [0, 0.05) is 16.5 Å². The minimum atomic E-state index is -0.108. The Morgan fingerprint density at radius 3 is 2.85 bits per heavy atom. The van der Waals surface area contributed by atoms with E-state index in [0.29, 0.717) is 11.4 Å². The van der Waals surface area contributed by atoms with Crippen molar-refractivity contribution in [2.45, 2.75) is 26.4 Å². The number of fused-ring (bicyclic) bond motifs is 1. The van der Waals surface area contributed by atoms with Gasteiger partial charge in [-0.2, -0.15) is 0 Å². The molecule has 0 aliphatic heterocycles. The molecular formula is C18H17N5OS3. The zero-order chi connectivity index (χ0) is 18.8. The Morgan fingerprint density at radius 2 is 2.11 bits per heavy atom. The second-order valence-corrected chi connectivity index (χ2v) is 8.91. The van der Waals surface area contributed by atoms with Crippen LogP contribution in [0.5, 0.6) is 0 Å². The lowest BCUT2D eigenvalue weighted by molar-refractivity contribution is 0.0954. The number of thiophene rings is 2. The molecule has 0 spiro atoms. The fourth-order valence-corrected chi connectivity index (χ4v) is 5.14. The van der Waals surface area contributed by atoms with Gasteiger partial charge in [0.25, 0.3) is 5.91 Å². The average molecular weight is 416 g/mol. The van der Waals surface area contributed by atoms with Crippen LogP contribution in [0.2, 0.25) is 0 Å². The standard InChI is InChI=1S/C18H17N5OS3/c1-10-14-16(23-11(2)12-4-3-6-25-12)21-9-22-18(14)27-15(10)17(24)20-8-13-19-5-7-26-13/h3-7,9,11H,8H2,1-2H3,(H,20,24)(H,21,22,23). The first-order valence-corrected chi connectivity index (χ1v) is 10.9. The highest BCUT2D eigenvalue weighted by Crippen LogP contribution is 2.35. The van der Waals surface area contributed by atoms with Crippen LogP contribution in [0.25, 0.3) is 10.2 Å². The summed E-state index contributed by atoms with van der Waals surface area (Å²) in [6, 6.07) is 4.26. The van der Waals surface area contributed by atoms with E-state index in [9.17, 15) is 4.79 Å². The molecule has 0 saturated heterocycles. The molecule has 4 rings (SSSR count). The highest BCUT2D eigenvalue weighted by atomic mass is 32.1. The van der Waals surface area contributed by atoms with E-state index in [1.54, 1.807) is 23.9 Å². The summed E-state index contributed by atoms with van der Waals surface area (Å²) in [5.74, 6) is 0.650. The van der Waals surface area contributed by atoms with Crippen molar-refractivity contribution < 1.29 is 4.79 Å². The summed E-state index contributed by atoms with van der Waals surface area (Å²) in [6.45, 7) is 4.47. The van der Waals surface area contributed by atoms with Crippen molar-refractivity contribution in [2.24, 2.45) is 0 Å². The Morgan fingerprint density at radius 1 is 1.22 bits per heavy atom. The molecule has 138 valence electrons. The average Bonchev–Trinajstić information content (AvgIpc) is 3.41. The van der Waals surface area contributed by atoms with Crippen molar-refractivity contribution in [1.82, 2.24) is 20.3 Å². The minimum Gasteiger partial charge on any atom is -0.362 e. The third-order valence-corrected chi connectivity index (χ3v) is 7.17. The molecule has 0 aromatic carbocycles. The van der Waals surface area contributed by atoms with Crippen molar-refractivity contribution >= 4 is 56.0 Å². The van der Waals surface area contributed by atoms with Gasteiger partial charge in [0.2, 0.25) is 0 Å². The molecule has 0 aliphatic rings. The van der Waals surface area contributed by atoms with Gasteiger partial charge in [-0.25, -0.2) is 15.0 Å². The first-order chi connectivity index (χ1) is 13.1. The van der Waals surface area contributed by atoms with E-state index in [1.807, 2.05) is 18.4 Å². The number of nitrogens with one attached hydrogen (secondary N) is 2. The number of hydrogen-bond donors (Lipinski definition) is 2. The van der Waals surface area contributed by atoms with Crippen LogP contribution >= 0.6 is 34.0 Å². The summed E-state index contributed by atoms with van der Waals surface area (Å²) in [4.78, 5) is 28.3.